The maximum absolute atomic E-state index is 6.28. The van der Waals surface area contributed by atoms with Crippen LogP contribution in [0.15, 0.2) is 0 Å². The quantitative estimate of drug-likeness (QED) is 0.413. The first-order valence-corrected chi connectivity index (χ1v) is 1.04. The number of hydrogen-bond donors (Lipinski definition) is 2. The molecule has 0 bridgehead atoms. The Morgan fingerprint density at radius 2 is 1.29 bits per heavy atom. The average Bonchev–Trinajstić information content (AvgIpc) is 0.811. The third-order valence-electron chi connectivity index (χ3n) is 0. The summed E-state index contributed by atoms with van der Waals surface area (Å²) in [7, 11) is 0. The zero-order chi connectivity index (χ0) is 3.58. The normalized spacial score (nSPS) is 3.57. The Kier molecular flexibility index (Phi) is 61.2. The van der Waals surface area contributed by atoms with Crippen LogP contribution in [0, 0.1) is 5.41 Å². The van der Waals surface area contributed by atoms with Crippen LogP contribution in [0.2, 0.25) is 0 Å². The summed E-state index contributed by atoms with van der Waals surface area (Å²) in [6, 6.07) is 0. The van der Waals surface area contributed by atoms with Crippen molar-refractivity contribution in [2.45, 2.75) is 6.92 Å². The lowest BCUT2D eigenvalue weighted by Crippen LogP contribution is -2.00. The van der Waals surface area contributed by atoms with E-state index in [2.05, 4.69) is 0 Å². The lowest BCUT2D eigenvalue weighted by atomic mass is 10.8. The number of nitrogens with one attached hydrogen (secondary N) is 1. The van der Waals surface area contributed by atoms with E-state index in [4.69, 9.17) is 11.1 Å². The van der Waals surface area contributed by atoms with Gasteiger partial charge in [-0.25, -0.2) is 0 Å². The largest absolute Gasteiger partial charge is 0.388 e. The zero-order valence-electron chi connectivity index (χ0n) is 3.80. The van der Waals surface area contributed by atoms with Crippen LogP contribution in [0.1, 0.15) is 6.92 Å². The molecule has 0 spiro atoms. The highest BCUT2D eigenvalue weighted by Gasteiger charge is 1.53. The van der Waals surface area contributed by atoms with Gasteiger partial charge in [0.15, 0.2) is 0 Å². The fourth-order valence-corrected chi connectivity index (χ4v) is 0. The highest BCUT2D eigenvalue weighted by atomic mass is 35.5. The molecule has 0 aromatic heterocycles. The van der Waals surface area contributed by atoms with Gasteiger partial charge in [-0.05, 0) is 6.92 Å². The van der Waals surface area contributed by atoms with Gasteiger partial charge in [0.25, 0.3) is 0 Å². The van der Waals surface area contributed by atoms with Gasteiger partial charge in [0, 0.05) is 0 Å². The molecular weight excluding hydrogens is 158 g/mol. The molecule has 0 aromatic carbocycles. The fourth-order valence-electron chi connectivity index (χ4n) is 0. The van der Waals surface area contributed by atoms with Crippen molar-refractivity contribution < 1.29 is 0 Å². The van der Waals surface area contributed by atoms with Crippen molar-refractivity contribution in [3.63, 3.8) is 0 Å². The predicted octanol–water partition coefficient (Wildman–Crippen LogP) is 1.21. The van der Waals surface area contributed by atoms with Crippen LogP contribution in [0.3, 0.4) is 0 Å². The van der Waals surface area contributed by atoms with Gasteiger partial charge < -0.3 is 5.73 Å². The van der Waals surface area contributed by atoms with E-state index in [1.807, 2.05) is 0 Å². The lowest BCUT2D eigenvalue weighted by molar-refractivity contribution is 1.42. The van der Waals surface area contributed by atoms with Crippen molar-refractivity contribution in [2.75, 3.05) is 0 Å². The summed E-state index contributed by atoms with van der Waals surface area (Å²) in [6.07, 6.45) is 0. The molecule has 0 atom stereocenters. The molecule has 7 heavy (non-hydrogen) atoms. The second-order valence-electron chi connectivity index (χ2n) is 0.683. The van der Waals surface area contributed by atoms with E-state index in [-0.39, 0.29) is 43.1 Å². The Morgan fingerprint density at radius 1 is 1.29 bits per heavy atom. The van der Waals surface area contributed by atoms with Crippen LogP contribution in [0.25, 0.3) is 0 Å². The zero-order valence-corrected chi connectivity index (χ0v) is 6.25. The highest BCUT2D eigenvalue weighted by molar-refractivity contribution is 5.86. The Morgan fingerprint density at radius 3 is 1.29 bits per heavy atom. The lowest BCUT2D eigenvalue weighted by Gasteiger charge is -1.66. The standard InChI is InChI=1S/C2H6N2.3ClH/c1-2(3)4;;;/h1H3,(H3,3,4);3*1H. The number of rotatable bonds is 0. The number of hydrogen-bond acceptors (Lipinski definition) is 1. The number of nitrogens with two attached hydrogens (primary N) is 1. The Balaban J connectivity index is -0.0000000150. The monoisotopic (exact) mass is 166 g/mol. The summed E-state index contributed by atoms with van der Waals surface area (Å²) in [4.78, 5) is 0. The van der Waals surface area contributed by atoms with E-state index in [1.165, 1.54) is 6.92 Å². The van der Waals surface area contributed by atoms with Crippen LogP contribution < -0.4 is 5.73 Å². The van der Waals surface area contributed by atoms with E-state index in [0.29, 0.717) is 0 Å². The molecule has 0 amide bonds. The van der Waals surface area contributed by atoms with Gasteiger partial charge in [-0.3, -0.25) is 5.41 Å². The molecule has 0 heterocycles. The number of amidine groups is 1. The van der Waals surface area contributed by atoms with Crippen LogP contribution >= 0.6 is 37.2 Å². The summed E-state index contributed by atoms with van der Waals surface area (Å²) in [5, 5.41) is 6.28. The van der Waals surface area contributed by atoms with Crippen molar-refractivity contribution in [2.24, 2.45) is 5.73 Å². The average molecular weight is 167 g/mol. The van der Waals surface area contributed by atoms with E-state index < -0.39 is 0 Å². The summed E-state index contributed by atoms with van der Waals surface area (Å²) < 4.78 is 0. The van der Waals surface area contributed by atoms with E-state index >= 15 is 0 Å². The number of halogens is 3. The molecule has 0 aromatic rings. The molecule has 2 nitrogen and oxygen atoms in total. The smallest absolute Gasteiger partial charge is 0.0873 e. The molecule has 0 saturated heterocycles. The van der Waals surface area contributed by atoms with Crippen molar-refractivity contribution >= 4 is 43.1 Å². The van der Waals surface area contributed by atoms with Gasteiger partial charge in [0.05, 0.1) is 5.84 Å². The van der Waals surface area contributed by atoms with Gasteiger partial charge in [-0.15, -0.1) is 37.2 Å². The van der Waals surface area contributed by atoms with Crippen LogP contribution in [0.5, 0.6) is 0 Å². The molecule has 0 aliphatic carbocycles. The third kappa shape index (κ3) is 1030. The van der Waals surface area contributed by atoms with Crippen LogP contribution in [-0.2, 0) is 0 Å². The summed E-state index contributed by atoms with van der Waals surface area (Å²) >= 11 is 0. The van der Waals surface area contributed by atoms with Gasteiger partial charge in [0.2, 0.25) is 0 Å². The Labute approximate surface area is 61.6 Å². The first-order chi connectivity index (χ1) is 1.73. The fraction of sp³-hybridized carbons (Fsp3) is 0.500. The van der Waals surface area contributed by atoms with Crippen LogP contribution in [-0.4, -0.2) is 5.84 Å². The minimum atomic E-state index is 0. The molecule has 0 aliphatic heterocycles. The highest BCUT2D eigenvalue weighted by Crippen LogP contribution is 1.36. The van der Waals surface area contributed by atoms with Crippen molar-refractivity contribution in [1.82, 2.24) is 0 Å². The molecule has 0 aliphatic rings. The first-order valence-electron chi connectivity index (χ1n) is 1.04. The van der Waals surface area contributed by atoms with Gasteiger partial charge in [-0.1, -0.05) is 0 Å². The summed E-state index contributed by atoms with van der Waals surface area (Å²) in [5.74, 6) is 0.167. The first kappa shape index (κ1) is 26.4. The molecule has 0 fully saturated rings. The topological polar surface area (TPSA) is 49.9 Å². The molecular formula is C2H9Cl3N2. The Hall–Kier alpha value is 0.340. The van der Waals surface area contributed by atoms with Gasteiger partial charge in [-0.2, -0.15) is 0 Å². The van der Waals surface area contributed by atoms with E-state index in [1.54, 1.807) is 0 Å². The molecule has 0 saturated carbocycles. The van der Waals surface area contributed by atoms with E-state index in [9.17, 15) is 0 Å². The minimum Gasteiger partial charge on any atom is -0.388 e. The third-order valence-corrected chi connectivity index (χ3v) is 0. The molecule has 0 rings (SSSR count). The second kappa shape index (κ2) is 16.2. The van der Waals surface area contributed by atoms with Crippen molar-refractivity contribution in [3.05, 3.63) is 0 Å². The SMILES string of the molecule is CC(=N)N.Cl.Cl.Cl. The molecule has 5 heteroatoms. The van der Waals surface area contributed by atoms with Crippen molar-refractivity contribution in [3.8, 4) is 0 Å². The minimum absolute atomic E-state index is 0. The molecule has 0 unspecified atom stereocenters. The van der Waals surface area contributed by atoms with Gasteiger partial charge >= 0.3 is 0 Å². The maximum Gasteiger partial charge on any atom is 0.0873 e. The second-order valence-corrected chi connectivity index (χ2v) is 0.683. The molecule has 48 valence electrons. The molecule has 0 radical (unpaired) electrons. The maximum atomic E-state index is 6.28. The summed E-state index contributed by atoms with van der Waals surface area (Å²) in [5.41, 5.74) is 4.69. The van der Waals surface area contributed by atoms with Crippen molar-refractivity contribution in [1.29, 1.82) is 5.41 Å². The van der Waals surface area contributed by atoms with E-state index in [0.717, 1.165) is 0 Å². The Bertz CT molecular complexity index is 33.9. The predicted molar refractivity (Wildman–Crippen MR) is 39.3 cm³/mol. The summed E-state index contributed by atoms with van der Waals surface area (Å²) in [6.45, 7) is 1.53. The van der Waals surface area contributed by atoms with Crippen LogP contribution in [0.4, 0.5) is 0 Å². The molecule has 3 N–H and O–H groups in total. The van der Waals surface area contributed by atoms with Gasteiger partial charge in [0.1, 0.15) is 0 Å².